The first-order valence-corrected chi connectivity index (χ1v) is 9.41. The molecule has 0 unspecified atom stereocenters. The number of nitrogens with zero attached hydrogens (tertiary/aromatic N) is 1. The number of carboxylic acid groups (broad SMARTS) is 1. The number of rotatable bonds is 8. The van der Waals surface area contributed by atoms with Crippen LogP contribution in [0.3, 0.4) is 0 Å². The van der Waals surface area contributed by atoms with Crippen LogP contribution in [0.5, 0.6) is 0 Å². The number of fused-ring (bicyclic) bond motifs is 2. The maximum absolute atomic E-state index is 12.3. The van der Waals surface area contributed by atoms with Gasteiger partial charge >= 0.3 is 5.97 Å². The van der Waals surface area contributed by atoms with Gasteiger partial charge in [-0.1, -0.05) is 36.4 Å². The smallest absolute Gasteiger partial charge is 0.322 e. The van der Waals surface area contributed by atoms with Crippen molar-refractivity contribution in [2.75, 3.05) is 13.1 Å². The van der Waals surface area contributed by atoms with Crippen molar-refractivity contribution in [3.63, 3.8) is 0 Å². The lowest BCUT2D eigenvalue weighted by atomic mass is 10.1. The van der Waals surface area contributed by atoms with E-state index in [1.54, 1.807) is 0 Å². The van der Waals surface area contributed by atoms with Crippen LogP contribution < -0.4 is 5.32 Å². The molecular formula is C22H22N4O3. The van der Waals surface area contributed by atoms with Gasteiger partial charge in [-0.15, -0.1) is 0 Å². The van der Waals surface area contributed by atoms with Gasteiger partial charge < -0.3 is 20.4 Å². The minimum absolute atomic E-state index is 0.103. The number of benzene rings is 2. The van der Waals surface area contributed by atoms with Gasteiger partial charge in [0.2, 0.25) is 5.91 Å². The molecule has 4 rings (SSSR count). The highest BCUT2D eigenvalue weighted by molar-refractivity contribution is 5.85. The SMILES string of the molecule is O=C(O)CNC(=O)CN(Cc1c[nH]c2ccccc12)Cc1c[nH]c2ccccc12. The van der Waals surface area contributed by atoms with E-state index in [1.165, 1.54) is 0 Å². The van der Waals surface area contributed by atoms with Crippen molar-refractivity contribution in [3.05, 3.63) is 72.1 Å². The quantitative estimate of drug-likeness (QED) is 0.372. The number of carboxylic acids is 1. The van der Waals surface area contributed by atoms with Gasteiger partial charge in [0.05, 0.1) is 6.54 Å². The Morgan fingerprint density at radius 3 is 1.90 bits per heavy atom. The molecule has 2 aromatic carbocycles. The molecule has 0 aliphatic heterocycles. The fourth-order valence-electron chi connectivity index (χ4n) is 3.61. The van der Waals surface area contributed by atoms with Crippen molar-refractivity contribution in [1.29, 1.82) is 0 Å². The molecule has 7 heteroatoms. The van der Waals surface area contributed by atoms with Crippen LogP contribution in [0.2, 0.25) is 0 Å². The van der Waals surface area contributed by atoms with E-state index in [0.717, 1.165) is 32.9 Å². The molecule has 0 spiro atoms. The van der Waals surface area contributed by atoms with E-state index in [9.17, 15) is 9.59 Å². The Hall–Kier alpha value is -3.58. The van der Waals surface area contributed by atoms with E-state index in [4.69, 9.17) is 5.11 Å². The molecule has 0 saturated heterocycles. The van der Waals surface area contributed by atoms with Gasteiger partial charge in [-0.25, -0.2) is 0 Å². The van der Waals surface area contributed by atoms with Gasteiger partial charge in [0.1, 0.15) is 6.54 Å². The standard InChI is InChI=1S/C22H22N4O3/c27-21(25-11-22(28)29)14-26(12-15-9-23-19-7-3-1-5-17(15)19)13-16-10-24-20-8-4-2-6-18(16)20/h1-10,23-24H,11-14H2,(H,25,27)(H,28,29). The second-order valence-electron chi connectivity index (χ2n) is 7.03. The first-order valence-electron chi connectivity index (χ1n) is 9.41. The summed E-state index contributed by atoms with van der Waals surface area (Å²) >= 11 is 0. The Morgan fingerprint density at radius 1 is 0.862 bits per heavy atom. The summed E-state index contributed by atoms with van der Waals surface area (Å²) in [7, 11) is 0. The molecule has 29 heavy (non-hydrogen) atoms. The number of hydrogen-bond acceptors (Lipinski definition) is 3. The highest BCUT2D eigenvalue weighted by Gasteiger charge is 2.16. The molecule has 0 fully saturated rings. The zero-order chi connectivity index (χ0) is 20.2. The molecule has 0 aliphatic carbocycles. The fourth-order valence-corrected chi connectivity index (χ4v) is 3.61. The summed E-state index contributed by atoms with van der Waals surface area (Å²) in [5, 5.41) is 13.5. The number of aromatic amines is 2. The monoisotopic (exact) mass is 390 g/mol. The Bertz CT molecular complexity index is 1090. The molecule has 0 radical (unpaired) electrons. The summed E-state index contributed by atoms with van der Waals surface area (Å²) in [6.45, 7) is 0.840. The number of hydrogen-bond donors (Lipinski definition) is 4. The minimum Gasteiger partial charge on any atom is -0.480 e. The third-order valence-corrected chi connectivity index (χ3v) is 4.94. The van der Waals surface area contributed by atoms with Crippen molar-refractivity contribution in [2.45, 2.75) is 13.1 Å². The number of aromatic nitrogens is 2. The molecule has 0 saturated carbocycles. The number of carbonyl (C=O) groups excluding carboxylic acids is 1. The topological polar surface area (TPSA) is 101 Å². The molecular weight excluding hydrogens is 368 g/mol. The van der Waals surface area contributed by atoms with Crippen LogP contribution in [0.15, 0.2) is 60.9 Å². The van der Waals surface area contributed by atoms with Gasteiger partial charge in [0.15, 0.2) is 0 Å². The molecule has 2 aromatic heterocycles. The summed E-state index contributed by atoms with van der Waals surface area (Å²) in [6, 6.07) is 16.1. The lowest BCUT2D eigenvalue weighted by Crippen LogP contribution is -2.38. The minimum atomic E-state index is -1.06. The molecule has 2 heterocycles. The van der Waals surface area contributed by atoms with Crippen LogP contribution in [-0.2, 0) is 22.7 Å². The summed E-state index contributed by atoms with van der Waals surface area (Å²) in [6.07, 6.45) is 3.92. The van der Waals surface area contributed by atoms with Gasteiger partial charge in [-0.2, -0.15) is 0 Å². The molecule has 0 bridgehead atoms. The predicted octanol–water partition coefficient (Wildman–Crippen LogP) is 2.85. The molecule has 4 N–H and O–H groups in total. The predicted molar refractivity (Wildman–Crippen MR) is 111 cm³/mol. The van der Waals surface area contributed by atoms with E-state index in [-0.39, 0.29) is 19.0 Å². The van der Waals surface area contributed by atoms with E-state index >= 15 is 0 Å². The summed E-state index contributed by atoms with van der Waals surface area (Å²) in [5.41, 5.74) is 4.27. The molecule has 7 nitrogen and oxygen atoms in total. The highest BCUT2D eigenvalue weighted by atomic mass is 16.4. The number of para-hydroxylation sites is 2. The number of aliphatic carboxylic acids is 1. The van der Waals surface area contributed by atoms with Gasteiger partial charge in [0, 0.05) is 47.3 Å². The first kappa shape index (κ1) is 18.8. The van der Waals surface area contributed by atoms with Crippen molar-refractivity contribution < 1.29 is 14.7 Å². The molecule has 1 amide bonds. The van der Waals surface area contributed by atoms with E-state index in [1.807, 2.05) is 53.7 Å². The maximum Gasteiger partial charge on any atom is 0.322 e. The number of amides is 1. The lowest BCUT2D eigenvalue weighted by Gasteiger charge is -2.21. The second-order valence-corrected chi connectivity index (χ2v) is 7.03. The molecule has 0 aliphatic rings. The van der Waals surface area contributed by atoms with E-state index in [0.29, 0.717) is 13.1 Å². The Labute approximate surface area is 167 Å². The van der Waals surface area contributed by atoms with Gasteiger partial charge in [0.25, 0.3) is 0 Å². The van der Waals surface area contributed by atoms with Crippen molar-refractivity contribution in [1.82, 2.24) is 20.2 Å². The summed E-state index contributed by atoms with van der Waals surface area (Å²) < 4.78 is 0. The summed E-state index contributed by atoms with van der Waals surface area (Å²) in [4.78, 5) is 31.6. The van der Waals surface area contributed by atoms with Crippen LogP contribution in [0.25, 0.3) is 21.8 Å². The number of nitrogens with one attached hydrogen (secondary N) is 3. The molecule has 0 atom stereocenters. The van der Waals surface area contributed by atoms with Gasteiger partial charge in [-0.3, -0.25) is 14.5 Å². The summed E-state index contributed by atoms with van der Waals surface area (Å²) in [5.74, 6) is -1.37. The number of H-pyrrole nitrogens is 2. The van der Waals surface area contributed by atoms with E-state index in [2.05, 4.69) is 27.4 Å². The molecule has 4 aromatic rings. The van der Waals surface area contributed by atoms with Crippen molar-refractivity contribution in [2.24, 2.45) is 0 Å². The largest absolute Gasteiger partial charge is 0.480 e. The normalized spacial score (nSPS) is 11.3. The first-order chi connectivity index (χ1) is 14.1. The van der Waals surface area contributed by atoms with Gasteiger partial charge in [-0.05, 0) is 23.3 Å². The fraction of sp³-hybridized carbons (Fsp3) is 0.182. The Kier molecular flexibility index (Phi) is 5.31. The average Bonchev–Trinajstić information content (AvgIpc) is 3.31. The van der Waals surface area contributed by atoms with Crippen LogP contribution >= 0.6 is 0 Å². The number of carbonyl (C=O) groups is 2. The third kappa shape index (κ3) is 4.30. The Morgan fingerprint density at radius 2 is 1.38 bits per heavy atom. The zero-order valence-electron chi connectivity index (χ0n) is 15.8. The van der Waals surface area contributed by atoms with Crippen LogP contribution in [-0.4, -0.2) is 44.9 Å². The zero-order valence-corrected chi connectivity index (χ0v) is 15.8. The second kappa shape index (κ2) is 8.20. The third-order valence-electron chi connectivity index (χ3n) is 4.94. The van der Waals surface area contributed by atoms with Crippen molar-refractivity contribution in [3.8, 4) is 0 Å². The van der Waals surface area contributed by atoms with Crippen molar-refractivity contribution >= 4 is 33.7 Å². The van der Waals surface area contributed by atoms with Crippen LogP contribution in [0.4, 0.5) is 0 Å². The van der Waals surface area contributed by atoms with E-state index < -0.39 is 5.97 Å². The Balaban J connectivity index is 1.58. The highest BCUT2D eigenvalue weighted by Crippen LogP contribution is 2.23. The lowest BCUT2D eigenvalue weighted by molar-refractivity contribution is -0.138. The van der Waals surface area contributed by atoms with Crippen LogP contribution in [0.1, 0.15) is 11.1 Å². The maximum atomic E-state index is 12.3. The van der Waals surface area contributed by atoms with Crippen LogP contribution in [0, 0.1) is 0 Å². The molecule has 148 valence electrons. The average molecular weight is 390 g/mol.